The summed E-state index contributed by atoms with van der Waals surface area (Å²) >= 11 is 0. The molecule has 0 unspecified atom stereocenters. The molecule has 0 aromatic heterocycles. The second-order valence-corrected chi connectivity index (χ2v) is 10.5. The summed E-state index contributed by atoms with van der Waals surface area (Å²) in [5.41, 5.74) is 1.27. The molecular formula is C28H38FN3O4. The Kier molecular flexibility index (Phi) is 8.61. The average Bonchev–Trinajstić information content (AvgIpc) is 2.78. The lowest BCUT2D eigenvalue weighted by molar-refractivity contribution is -0.0203. The van der Waals surface area contributed by atoms with Gasteiger partial charge in [-0.2, -0.15) is 0 Å². The van der Waals surface area contributed by atoms with Crippen molar-refractivity contribution in [3.63, 3.8) is 0 Å². The summed E-state index contributed by atoms with van der Waals surface area (Å²) in [4.78, 5) is 28.7. The highest BCUT2D eigenvalue weighted by molar-refractivity contribution is 5.94. The molecule has 2 aromatic rings. The third-order valence-electron chi connectivity index (χ3n) is 6.21. The fourth-order valence-electron chi connectivity index (χ4n) is 4.50. The van der Waals surface area contributed by atoms with Crippen LogP contribution in [0, 0.1) is 12.7 Å². The van der Waals surface area contributed by atoms with Crippen molar-refractivity contribution in [3.8, 4) is 5.75 Å². The van der Waals surface area contributed by atoms with Gasteiger partial charge >= 0.3 is 6.09 Å². The maximum Gasteiger partial charge on any atom is 0.410 e. The van der Waals surface area contributed by atoms with Crippen molar-refractivity contribution in [2.45, 2.75) is 65.3 Å². The smallest absolute Gasteiger partial charge is 0.410 e. The van der Waals surface area contributed by atoms with Crippen LogP contribution in [-0.2, 0) is 4.74 Å². The van der Waals surface area contributed by atoms with Gasteiger partial charge in [-0.05, 0) is 83.0 Å². The summed E-state index contributed by atoms with van der Waals surface area (Å²) in [6, 6.07) is 11.9. The number of ether oxygens (including phenoxy) is 2. The largest absolute Gasteiger partial charge is 0.484 e. The van der Waals surface area contributed by atoms with Gasteiger partial charge in [0.1, 0.15) is 23.3 Å². The van der Waals surface area contributed by atoms with Crippen LogP contribution >= 0.6 is 0 Å². The average molecular weight is 500 g/mol. The first-order valence-electron chi connectivity index (χ1n) is 12.4. The minimum atomic E-state index is -0.560. The Hall–Kier alpha value is -3.13. The van der Waals surface area contributed by atoms with Crippen molar-refractivity contribution in [1.29, 1.82) is 0 Å². The molecule has 0 spiro atoms. The molecule has 3 rings (SSSR count). The number of nitrogens with one attached hydrogen (secondary N) is 1. The van der Waals surface area contributed by atoms with Crippen LogP contribution in [0.1, 0.15) is 62.2 Å². The zero-order valence-corrected chi connectivity index (χ0v) is 22.3. The van der Waals surface area contributed by atoms with Gasteiger partial charge in [0.05, 0.1) is 0 Å². The molecule has 36 heavy (non-hydrogen) atoms. The molecule has 2 amide bonds. The molecule has 0 bridgehead atoms. The Morgan fingerprint density at radius 2 is 1.69 bits per heavy atom. The van der Waals surface area contributed by atoms with Gasteiger partial charge in [-0.3, -0.25) is 9.69 Å². The van der Waals surface area contributed by atoms with E-state index in [0.29, 0.717) is 36.5 Å². The number of hydrogen-bond donors (Lipinski definition) is 1. The van der Waals surface area contributed by atoms with E-state index in [-0.39, 0.29) is 29.9 Å². The summed E-state index contributed by atoms with van der Waals surface area (Å²) in [6.45, 7) is 13.1. The fourth-order valence-corrected chi connectivity index (χ4v) is 4.50. The molecule has 1 fully saturated rings. The summed E-state index contributed by atoms with van der Waals surface area (Å²) in [6.07, 6.45) is -0.759. The number of rotatable bonds is 6. The van der Waals surface area contributed by atoms with Crippen molar-refractivity contribution >= 4 is 12.0 Å². The highest BCUT2D eigenvalue weighted by Crippen LogP contribution is 2.27. The maximum absolute atomic E-state index is 14.5. The lowest BCUT2D eigenvalue weighted by atomic mass is 10.0. The van der Waals surface area contributed by atoms with Gasteiger partial charge < -0.3 is 19.7 Å². The summed E-state index contributed by atoms with van der Waals surface area (Å²) in [5.74, 6) is 0.124. The lowest BCUT2D eigenvalue weighted by Crippen LogP contribution is -2.59. The molecule has 3 atom stereocenters. The first-order chi connectivity index (χ1) is 16.9. The van der Waals surface area contributed by atoms with Crippen LogP contribution in [0.4, 0.5) is 9.18 Å². The van der Waals surface area contributed by atoms with E-state index in [1.165, 1.54) is 6.07 Å². The summed E-state index contributed by atoms with van der Waals surface area (Å²) in [7, 11) is 1.58. The van der Waals surface area contributed by atoms with E-state index in [1.807, 2.05) is 40.7 Å². The third-order valence-corrected chi connectivity index (χ3v) is 6.21. The number of carbonyl (C=O) groups excluding carboxylic acids is 2. The monoisotopic (exact) mass is 499 g/mol. The number of amides is 2. The summed E-state index contributed by atoms with van der Waals surface area (Å²) < 4.78 is 26.4. The van der Waals surface area contributed by atoms with E-state index in [2.05, 4.69) is 10.2 Å². The highest BCUT2D eigenvalue weighted by atomic mass is 19.1. The molecule has 1 heterocycles. The van der Waals surface area contributed by atoms with Crippen molar-refractivity contribution in [2.24, 2.45) is 0 Å². The van der Waals surface area contributed by atoms with Gasteiger partial charge in [-0.25, -0.2) is 9.18 Å². The number of carbonyl (C=O) groups is 2. The number of nitrogens with zero attached hydrogens (tertiary/aromatic N) is 2. The van der Waals surface area contributed by atoms with Crippen molar-refractivity contribution < 1.29 is 23.5 Å². The van der Waals surface area contributed by atoms with Crippen molar-refractivity contribution in [3.05, 3.63) is 65.0 Å². The first kappa shape index (κ1) is 27.5. The second kappa shape index (κ2) is 11.3. The topological polar surface area (TPSA) is 71.1 Å². The predicted octanol–water partition coefficient (Wildman–Crippen LogP) is 4.94. The minimum absolute atomic E-state index is 0.0640. The SMILES string of the molecule is CNC(=O)c1ccc(O[C@@H](CN2C[C@@H](C)N(C(=O)OC(C)(C)C)[C@@H](C)C2)c2ccc(C)c(F)c2)cc1. The Bertz CT molecular complexity index is 1060. The Morgan fingerprint density at radius 1 is 1.08 bits per heavy atom. The molecule has 0 radical (unpaired) electrons. The molecule has 1 saturated heterocycles. The van der Waals surface area contributed by atoms with E-state index in [4.69, 9.17) is 9.47 Å². The van der Waals surface area contributed by atoms with Crippen LogP contribution in [0.3, 0.4) is 0 Å². The molecule has 0 saturated carbocycles. The molecule has 8 heteroatoms. The molecule has 1 N–H and O–H groups in total. The van der Waals surface area contributed by atoms with Crippen molar-refractivity contribution in [2.75, 3.05) is 26.7 Å². The van der Waals surface area contributed by atoms with Gasteiger partial charge in [-0.1, -0.05) is 12.1 Å². The standard InChI is InChI=1S/C28H38FN3O4/c1-18-8-9-22(14-24(18)29)25(35-23-12-10-21(11-13-23)26(33)30-7)17-31-15-19(2)32(20(3)16-31)27(34)36-28(4,5)6/h8-14,19-20,25H,15-17H2,1-7H3,(H,30,33)/t19-,20+,25-/m0/s1. The lowest BCUT2D eigenvalue weighted by Gasteiger charge is -2.45. The van der Waals surface area contributed by atoms with E-state index in [0.717, 1.165) is 5.56 Å². The van der Waals surface area contributed by atoms with Crippen LogP contribution in [0.15, 0.2) is 42.5 Å². The zero-order valence-electron chi connectivity index (χ0n) is 22.3. The van der Waals surface area contributed by atoms with Gasteiger partial charge in [0.25, 0.3) is 5.91 Å². The number of piperazine rings is 1. The molecule has 1 aliphatic rings. The number of hydrogen-bond acceptors (Lipinski definition) is 5. The normalized spacial score (nSPS) is 19.5. The second-order valence-electron chi connectivity index (χ2n) is 10.5. The molecular weight excluding hydrogens is 461 g/mol. The van der Waals surface area contributed by atoms with Gasteiger partial charge in [-0.15, -0.1) is 0 Å². The van der Waals surface area contributed by atoms with Crippen LogP contribution in [0.2, 0.25) is 0 Å². The highest BCUT2D eigenvalue weighted by Gasteiger charge is 2.36. The van der Waals surface area contributed by atoms with Gasteiger partial charge in [0, 0.05) is 44.3 Å². The van der Waals surface area contributed by atoms with Gasteiger partial charge in [0.2, 0.25) is 0 Å². The Labute approximate surface area is 213 Å². The first-order valence-corrected chi connectivity index (χ1v) is 12.4. The van der Waals surface area contributed by atoms with E-state index in [9.17, 15) is 14.0 Å². The molecule has 1 aliphatic heterocycles. The van der Waals surface area contributed by atoms with E-state index >= 15 is 0 Å². The van der Waals surface area contributed by atoms with Crippen LogP contribution in [0.25, 0.3) is 0 Å². The van der Waals surface area contributed by atoms with Gasteiger partial charge in [0.15, 0.2) is 0 Å². The van der Waals surface area contributed by atoms with E-state index < -0.39 is 11.7 Å². The van der Waals surface area contributed by atoms with Crippen LogP contribution < -0.4 is 10.1 Å². The maximum atomic E-state index is 14.5. The minimum Gasteiger partial charge on any atom is -0.484 e. The predicted molar refractivity (Wildman–Crippen MR) is 138 cm³/mol. The molecule has 196 valence electrons. The Balaban J connectivity index is 1.79. The fraction of sp³-hybridized carbons (Fsp3) is 0.500. The molecule has 7 nitrogen and oxygen atoms in total. The number of aryl methyl sites for hydroxylation is 1. The number of halogens is 1. The Morgan fingerprint density at radius 3 is 2.22 bits per heavy atom. The third kappa shape index (κ3) is 6.97. The van der Waals surface area contributed by atoms with Crippen molar-refractivity contribution in [1.82, 2.24) is 15.1 Å². The molecule has 2 aromatic carbocycles. The molecule has 0 aliphatic carbocycles. The zero-order chi connectivity index (χ0) is 26.6. The quantitative estimate of drug-likeness (QED) is 0.609. The van der Waals surface area contributed by atoms with Crippen LogP contribution in [-0.4, -0.2) is 66.2 Å². The van der Waals surface area contributed by atoms with Crippen LogP contribution in [0.5, 0.6) is 5.75 Å². The van der Waals surface area contributed by atoms with E-state index in [1.54, 1.807) is 49.2 Å². The summed E-state index contributed by atoms with van der Waals surface area (Å²) in [5, 5.41) is 2.60. The number of benzene rings is 2.